The van der Waals surface area contributed by atoms with Gasteiger partial charge in [0, 0.05) is 49.4 Å². The molecule has 1 fully saturated rings. The lowest BCUT2D eigenvalue weighted by Gasteiger charge is -2.26. The van der Waals surface area contributed by atoms with Gasteiger partial charge in [-0.05, 0) is 53.1 Å². The van der Waals surface area contributed by atoms with Crippen molar-refractivity contribution in [1.82, 2.24) is 9.88 Å². The van der Waals surface area contributed by atoms with Gasteiger partial charge >= 0.3 is 0 Å². The third-order valence-electron chi connectivity index (χ3n) is 5.15. The van der Waals surface area contributed by atoms with Crippen molar-refractivity contribution in [2.45, 2.75) is 6.54 Å². The van der Waals surface area contributed by atoms with Gasteiger partial charge in [-0.1, -0.05) is 24.3 Å². The first-order valence-electron chi connectivity index (χ1n) is 10.3. The molecule has 3 aromatic rings. The van der Waals surface area contributed by atoms with E-state index >= 15 is 0 Å². The van der Waals surface area contributed by atoms with E-state index in [-0.39, 0.29) is 11.7 Å². The average Bonchev–Trinajstić information content (AvgIpc) is 2.80. The first-order valence-corrected chi connectivity index (χ1v) is 10.3. The number of morpholine rings is 1. The zero-order valence-corrected chi connectivity index (χ0v) is 17.1. The number of ether oxygens (including phenoxy) is 1. The Labute approximate surface area is 181 Å². The van der Waals surface area contributed by atoms with E-state index in [1.165, 1.54) is 23.8 Å². The number of rotatable bonds is 6. The lowest BCUT2D eigenvalue weighted by Crippen LogP contribution is -2.35. The maximum atomic E-state index is 13.2. The Bertz CT molecular complexity index is 1040. The molecule has 0 saturated carbocycles. The third-order valence-corrected chi connectivity index (χ3v) is 5.15. The first-order chi connectivity index (χ1) is 15.2. The van der Waals surface area contributed by atoms with Crippen LogP contribution in [0.3, 0.4) is 0 Å². The van der Waals surface area contributed by atoms with Crippen LogP contribution in [0.4, 0.5) is 10.1 Å². The van der Waals surface area contributed by atoms with Crippen molar-refractivity contribution in [2.24, 2.45) is 0 Å². The Morgan fingerprint density at radius 3 is 2.55 bits per heavy atom. The lowest BCUT2D eigenvalue weighted by atomic mass is 10.0. The number of hydrogen-bond donors (Lipinski definition) is 1. The highest BCUT2D eigenvalue weighted by molar-refractivity contribution is 6.02. The van der Waals surface area contributed by atoms with Gasteiger partial charge in [-0.25, -0.2) is 4.39 Å². The van der Waals surface area contributed by atoms with E-state index in [0.29, 0.717) is 0 Å². The SMILES string of the molecule is O=C(/C=C/c1cnccc1-c1ccc(F)cc1)Nc1ccc(CN2CCOCC2)cc1. The smallest absolute Gasteiger partial charge is 0.248 e. The standard InChI is InChI=1S/C25H24FN3O2/c26-22-6-3-20(4-7-22)24-11-12-27-17-21(24)5-10-25(30)28-23-8-1-19(2-9-23)18-29-13-15-31-16-14-29/h1-12,17H,13-16,18H2,(H,28,30)/b10-5+. The van der Waals surface area contributed by atoms with Crippen LogP contribution in [-0.2, 0) is 16.1 Å². The van der Waals surface area contributed by atoms with E-state index in [1.807, 2.05) is 30.3 Å². The Hall–Kier alpha value is -3.35. The highest BCUT2D eigenvalue weighted by Crippen LogP contribution is 2.24. The van der Waals surface area contributed by atoms with Gasteiger partial charge in [0.2, 0.25) is 5.91 Å². The second-order valence-corrected chi connectivity index (χ2v) is 7.38. The molecular formula is C25H24FN3O2. The molecule has 1 aliphatic heterocycles. The predicted octanol–water partition coefficient (Wildman–Crippen LogP) is 4.37. The maximum Gasteiger partial charge on any atom is 0.248 e. The molecule has 2 aromatic carbocycles. The fourth-order valence-corrected chi connectivity index (χ4v) is 3.49. The first kappa shape index (κ1) is 20.9. The molecule has 0 bridgehead atoms. The number of aromatic nitrogens is 1. The number of anilines is 1. The summed E-state index contributed by atoms with van der Waals surface area (Å²) in [4.78, 5) is 18.9. The van der Waals surface area contributed by atoms with Crippen molar-refractivity contribution in [3.63, 3.8) is 0 Å². The number of nitrogens with zero attached hydrogens (tertiary/aromatic N) is 2. The van der Waals surface area contributed by atoms with E-state index in [0.717, 1.165) is 55.2 Å². The second kappa shape index (κ2) is 10.1. The summed E-state index contributed by atoms with van der Waals surface area (Å²) in [6, 6.07) is 16.0. The number of nitrogens with one attached hydrogen (secondary N) is 1. The number of hydrogen-bond acceptors (Lipinski definition) is 4. The third kappa shape index (κ3) is 5.84. The molecular weight excluding hydrogens is 393 g/mol. The summed E-state index contributed by atoms with van der Waals surface area (Å²) in [5.41, 5.74) is 4.47. The summed E-state index contributed by atoms with van der Waals surface area (Å²) in [5.74, 6) is -0.514. The fraction of sp³-hybridized carbons (Fsp3) is 0.200. The Balaban J connectivity index is 1.38. The van der Waals surface area contributed by atoms with E-state index in [1.54, 1.807) is 30.6 Å². The van der Waals surface area contributed by atoms with E-state index < -0.39 is 0 Å². The van der Waals surface area contributed by atoms with Crippen LogP contribution in [0.1, 0.15) is 11.1 Å². The molecule has 2 heterocycles. The van der Waals surface area contributed by atoms with E-state index in [9.17, 15) is 9.18 Å². The molecule has 4 rings (SSSR count). The number of carbonyl (C=O) groups excluding carboxylic acids is 1. The van der Waals surface area contributed by atoms with Gasteiger partial charge in [0.25, 0.3) is 0 Å². The van der Waals surface area contributed by atoms with Gasteiger partial charge in [-0.3, -0.25) is 14.7 Å². The molecule has 158 valence electrons. The maximum absolute atomic E-state index is 13.2. The van der Waals surface area contributed by atoms with Crippen molar-refractivity contribution in [3.8, 4) is 11.1 Å². The Morgan fingerprint density at radius 2 is 1.81 bits per heavy atom. The summed E-state index contributed by atoms with van der Waals surface area (Å²) >= 11 is 0. The van der Waals surface area contributed by atoms with Gasteiger partial charge in [0.1, 0.15) is 5.82 Å². The van der Waals surface area contributed by atoms with Crippen LogP contribution >= 0.6 is 0 Å². The molecule has 1 aromatic heterocycles. The molecule has 0 aliphatic carbocycles. The normalized spacial score (nSPS) is 14.6. The lowest BCUT2D eigenvalue weighted by molar-refractivity contribution is -0.111. The van der Waals surface area contributed by atoms with Crippen LogP contribution in [0.5, 0.6) is 0 Å². The predicted molar refractivity (Wildman–Crippen MR) is 120 cm³/mol. The molecule has 31 heavy (non-hydrogen) atoms. The molecule has 5 nitrogen and oxygen atoms in total. The largest absolute Gasteiger partial charge is 0.379 e. The van der Waals surface area contributed by atoms with Crippen molar-refractivity contribution in [1.29, 1.82) is 0 Å². The molecule has 0 unspecified atom stereocenters. The molecule has 0 spiro atoms. The summed E-state index contributed by atoms with van der Waals surface area (Å²) in [6.07, 6.45) is 6.55. The topological polar surface area (TPSA) is 54.5 Å². The highest BCUT2D eigenvalue weighted by Gasteiger charge is 2.10. The van der Waals surface area contributed by atoms with Crippen molar-refractivity contribution in [2.75, 3.05) is 31.6 Å². The van der Waals surface area contributed by atoms with Crippen molar-refractivity contribution < 1.29 is 13.9 Å². The highest BCUT2D eigenvalue weighted by atomic mass is 19.1. The van der Waals surface area contributed by atoms with E-state index in [4.69, 9.17) is 4.74 Å². The fourth-order valence-electron chi connectivity index (χ4n) is 3.49. The van der Waals surface area contributed by atoms with Crippen LogP contribution in [0.25, 0.3) is 17.2 Å². The zero-order chi connectivity index (χ0) is 21.5. The van der Waals surface area contributed by atoms with Crippen LogP contribution < -0.4 is 5.32 Å². The van der Waals surface area contributed by atoms with Crippen LogP contribution in [0.2, 0.25) is 0 Å². The second-order valence-electron chi connectivity index (χ2n) is 7.38. The van der Waals surface area contributed by atoms with Crippen LogP contribution in [-0.4, -0.2) is 42.1 Å². The average molecular weight is 417 g/mol. The van der Waals surface area contributed by atoms with E-state index in [2.05, 4.69) is 15.2 Å². The van der Waals surface area contributed by atoms with Gasteiger partial charge < -0.3 is 10.1 Å². The number of carbonyl (C=O) groups is 1. The number of amides is 1. The number of pyridine rings is 1. The van der Waals surface area contributed by atoms with Crippen molar-refractivity contribution >= 4 is 17.7 Å². The molecule has 0 atom stereocenters. The van der Waals surface area contributed by atoms with Crippen LogP contribution in [0, 0.1) is 5.82 Å². The monoisotopic (exact) mass is 417 g/mol. The minimum atomic E-state index is -0.287. The number of benzene rings is 2. The van der Waals surface area contributed by atoms with Gasteiger partial charge in [-0.2, -0.15) is 0 Å². The minimum Gasteiger partial charge on any atom is -0.379 e. The summed E-state index contributed by atoms with van der Waals surface area (Å²) in [5, 5.41) is 2.88. The summed E-state index contributed by atoms with van der Waals surface area (Å²) in [7, 11) is 0. The van der Waals surface area contributed by atoms with Gasteiger partial charge in [0.05, 0.1) is 13.2 Å². The van der Waals surface area contributed by atoms with Gasteiger partial charge in [0.15, 0.2) is 0 Å². The minimum absolute atomic E-state index is 0.227. The molecule has 1 N–H and O–H groups in total. The molecule has 6 heteroatoms. The Morgan fingerprint density at radius 1 is 1.06 bits per heavy atom. The van der Waals surface area contributed by atoms with Crippen molar-refractivity contribution in [3.05, 3.63) is 90.0 Å². The van der Waals surface area contributed by atoms with Crippen LogP contribution in [0.15, 0.2) is 73.1 Å². The molecule has 1 amide bonds. The molecule has 0 radical (unpaired) electrons. The van der Waals surface area contributed by atoms with Gasteiger partial charge in [-0.15, -0.1) is 0 Å². The zero-order valence-electron chi connectivity index (χ0n) is 17.1. The molecule has 1 aliphatic rings. The quantitative estimate of drug-likeness (QED) is 0.605. The summed E-state index contributed by atoms with van der Waals surface area (Å²) < 4.78 is 18.6. The number of halogens is 1. The Kier molecular flexibility index (Phi) is 6.82. The molecule has 1 saturated heterocycles. The summed E-state index contributed by atoms with van der Waals surface area (Å²) in [6.45, 7) is 4.32.